The molecule has 0 spiro atoms. The Morgan fingerprint density at radius 1 is 1.20 bits per heavy atom. The second-order valence-electron chi connectivity index (χ2n) is 3.58. The van der Waals surface area contributed by atoms with Crippen LogP contribution in [0.15, 0.2) is 18.5 Å². The summed E-state index contributed by atoms with van der Waals surface area (Å²) in [5.74, 6) is 0.637. The van der Waals surface area contributed by atoms with Crippen LogP contribution in [0.2, 0.25) is 0 Å². The summed E-state index contributed by atoms with van der Waals surface area (Å²) < 4.78 is 1.76. The predicted octanol–water partition coefficient (Wildman–Crippen LogP) is 1.84. The fourth-order valence-corrected chi connectivity index (χ4v) is 1.47. The quantitative estimate of drug-likeness (QED) is 0.746. The zero-order valence-corrected chi connectivity index (χ0v) is 9.23. The van der Waals surface area contributed by atoms with Gasteiger partial charge in [-0.1, -0.05) is 6.92 Å². The zero-order valence-electron chi connectivity index (χ0n) is 9.23. The highest BCUT2D eigenvalue weighted by atomic mass is 15.3. The molecule has 0 radical (unpaired) electrons. The van der Waals surface area contributed by atoms with E-state index in [1.165, 1.54) is 0 Å². The Morgan fingerprint density at radius 2 is 1.87 bits per heavy atom. The average Bonchev–Trinajstić information content (AvgIpc) is 2.58. The molecule has 4 nitrogen and oxygen atoms in total. The lowest BCUT2D eigenvalue weighted by Crippen LogP contribution is -2.04. The Balaban J connectivity index is 2.41. The molecule has 0 atom stereocenters. The first-order chi connectivity index (χ1) is 7.20. The van der Waals surface area contributed by atoms with Gasteiger partial charge in [0.1, 0.15) is 0 Å². The monoisotopic (exact) mass is 202 g/mol. The van der Waals surface area contributed by atoms with Crippen LogP contribution in [0.3, 0.4) is 0 Å². The molecule has 2 heterocycles. The van der Waals surface area contributed by atoms with Crippen LogP contribution in [0.1, 0.15) is 23.9 Å². The standard InChI is InChI=1S/C11H14N4/c1-4-10-6-12-11(13-7-10)15-9(3)5-8(2)14-15/h5-7H,4H2,1-3H3. The highest BCUT2D eigenvalue weighted by molar-refractivity contribution is 5.19. The van der Waals surface area contributed by atoms with E-state index in [9.17, 15) is 0 Å². The SMILES string of the molecule is CCc1cnc(-n2nc(C)cc2C)nc1. The van der Waals surface area contributed by atoms with Crippen molar-refractivity contribution in [2.75, 3.05) is 0 Å². The van der Waals surface area contributed by atoms with Crippen molar-refractivity contribution in [2.24, 2.45) is 0 Å². The van der Waals surface area contributed by atoms with Crippen molar-refractivity contribution >= 4 is 0 Å². The molecule has 0 aliphatic rings. The summed E-state index contributed by atoms with van der Waals surface area (Å²) in [4.78, 5) is 8.57. The second-order valence-corrected chi connectivity index (χ2v) is 3.58. The maximum Gasteiger partial charge on any atom is 0.250 e. The summed E-state index contributed by atoms with van der Waals surface area (Å²) in [5.41, 5.74) is 3.17. The number of nitrogens with zero attached hydrogens (tertiary/aromatic N) is 4. The largest absolute Gasteiger partial charge is 0.250 e. The van der Waals surface area contributed by atoms with E-state index >= 15 is 0 Å². The maximum atomic E-state index is 4.33. The van der Waals surface area contributed by atoms with Gasteiger partial charge < -0.3 is 0 Å². The van der Waals surface area contributed by atoms with Crippen molar-refractivity contribution in [3.8, 4) is 5.95 Å². The second kappa shape index (κ2) is 3.81. The Kier molecular flexibility index (Phi) is 2.49. The number of hydrogen-bond acceptors (Lipinski definition) is 3. The Labute approximate surface area is 89.0 Å². The molecule has 0 fully saturated rings. The van der Waals surface area contributed by atoms with Crippen LogP contribution in [0.25, 0.3) is 5.95 Å². The van der Waals surface area contributed by atoms with Crippen LogP contribution in [0.4, 0.5) is 0 Å². The van der Waals surface area contributed by atoms with Crippen LogP contribution in [-0.4, -0.2) is 19.7 Å². The van der Waals surface area contributed by atoms with Crippen molar-refractivity contribution in [2.45, 2.75) is 27.2 Å². The van der Waals surface area contributed by atoms with Crippen molar-refractivity contribution in [1.82, 2.24) is 19.7 Å². The molecule has 78 valence electrons. The van der Waals surface area contributed by atoms with Gasteiger partial charge in [-0.25, -0.2) is 14.6 Å². The summed E-state index contributed by atoms with van der Waals surface area (Å²) in [6.45, 7) is 6.04. The van der Waals surface area contributed by atoms with Crippen LogP contribution < -0.4 is 0 Å². The minimum absolute atomic E-state index is 0.637. The first kappa shape index (κ1) is 9.83. The summed E-state index contributed by atoms with van der Waals surface area (Å²) in [7, 11) is 0. The third-order valence-corrected chi connectivity index (χ3v) is 2.30. The molecular formula is C11H14N4. The molecule has 0 aliphatic carbocycles. The maximum absolute atomic E-state index is 4.33. The van der Waals surface area contributed by atoms with Crippen LogP contribution in [0, 0.1) is 13.8 Å². The normalized spacial score (nSPS) is 10.6. The van der Waals surface area contributed by atoms with Crippen molar-refractivity contribution in [3.05, 3.63) is 35.4 Å². The predicted molar refractivity (Wildman–Crippen MR) is 58.0 cm³/mol. The molecule has 0 N–H and O–H groups in total. The van der Waals surface area contributed by atoms with E-state index in [0.717, 1.165) is 23.4 Å². The highest BCUT2D eigenvalue weighted by Gasteiger charge is 2.05. The summed E-state index contributed by atoms with van der Waals surface area (Å²) in [5, 5.41) is 4.33. The molecule has 0 saturated heterocycles. The molecule has 0 bridgehead atoms. The number of aryl methyl sites for hydroxylation is 3. The lowest BCUT2D eigenvalue weighted by atomic mass is 10.3. The Bertz CT molecular complexity index is 456. The third-order valence-electron chi connectivity index (χ3n) is 2.30. The van der Waals surface area contributed by atoms with Gasteiger partial charge in [-0.05, 0) is 31.9 Å². The molecular weight excluding hydrogens is 188 g/mol. The molecule has 15 heavy (non-hydrogen) atoms. The van der Waals surface area contributed by atoms with E-state index in [1.807, 2.05) is 32.3 Å². The van der Waals surface area contributed by atoms with Gasteiger partial charge in [0, 0.05) is 18.1 Å². The van der Waals surface area contributed by atoms with E-state index in [0.29, 0.717) is 5.95 Å². The molecule has 0 amide bonds. The van der Waals surface area contributed by atoms with Crippen molar-refractivity contribution < 1.29 is 0 Å². The summed E-state index contributed by atoms with van der Waals surface area (Å²) in [6, 6.07) is 2.01. The summed E-state index contributed by atoms with van der Waals surface area (Å²) >= 11 is 0. The van der Waals surface area contributed by atoms with E-state index in [-0.39, 0.29) is 0 Å². The van der Waals surface area contributed by atoms with Crippen LogP contribution >= 0.6 is 0 Å². The molecule has 0 aliphatic heterocycles. The van der Waals surface area contributed by atoms with E-state index in [2.05, 4.69) is 22.0 Å². The van der Waals surface area contributed by atoms with Crippen LogP contribution in [0.5, 0.6) is 0 Å². The smallest absolute Gasteiger partial charge is 0.219 e. The average molecular weight is 202 g/mol. The van der Waals surface area contributed by atoms with E-state index < -0.39 is 0 Å². The molecule has 4 heteroatoms. The lowest BCUT2D eigenvalue weighted by Gasteiger charge is -2.02. The minimum Gasteiger partial charge on any atom is -0.219 e. The molecule has 0 aromatic carbocycles. The number of aromatic nitrogens is 4. The minimum atomic E-state index is 0.637. The van der Waals surface area contributed by atoms with Gasteiger partial charge in [0.2, 0.25) is 0 Å². The van der Waals surface area contributed by atoms with Crippen molar-refractivity contribution in [3.63, 3.8) is 0 Å². The summed E-state index contributed by atoms with van der Waals surface area (Å²) in [6.07, 6.45) is 4.65. The first-order valence-electron chi connectivity index (χ1n) is 5.05. The van der Waals surface area contributed by atoms with Gasteiger partial charge in [-0.3, -0.25) is 0 Å². The molecule has 2 rings (SSSR count). The highest BCUT2D eigenvalue weighted by Crippen LogP contribution is 2.07. The van der Waals surface area contributed by atoms with E-state index in [1.54, 1.807) is 4.68 Å². The van der Waals surface area contributed by atoms with E-state index in [4.69, 9.17) is 0 Å². The number of hydrogen-bond donors (Lipinski definition) is 0. The van der Waals surface area contributed by atoms with Gasteiger partial charge in [-0.2, -0.15) is 5.10 Å². The fraction of sp³-hybridized carbons (Fsp3) is 0.364. The lowest BCUT2D eigenvalue weighted by molar-refractivity contribution is 0.769. The van der Waals surface area contributed by atoms with Gasteiger partial charge in [-0.15, -0.1) is 0 Å². The third kappa shape index (κ3) is 1.88. The molecule has 0 unspecified atom stereocenters. The van der Waals surface area contributed by atoms with Gasteiger partial charge >= 0.3 is 0 Å². The van der Waals surface area contributed by atoms with Gasteiger partial charge in [0.05, 0.1) is 5.69 Å². The fourth-order valence-electron chi connectivity index (χ4n) is 1.47. The van der Waals surface area contributed by atoms with Gasteiger partial charge in [0.15, 0.2) is 0 Å². The molecule has 0 saturated carbocycles. The zero-order chi connectivity index (χ0) is 10.8. The molecule has 2 aromatic heterocycles. The first-order valence-corrected chi connectivity index (χ1v) is 5.05. The molecule has 2 aromatic rings. The van der Waals surface area contributed by atoms with Crippen LogP contribution in [-0.2, 0) is 6.42 Å². The van der Waals surface area contributed by atoms with Gasteiger partial charge in [0.25, 0.3) is 5.95 Å². The Hall–Kier alpha value is -1.71. The topological polar surface area (TPSA) is 43.6 Å². The Morgan fingerprint density at radius 3 is 2.33 bits per heavy atom. The van der Waals surface area contributed by atoms with Crippen molar-refractivity contribution in [1.29, 1.82) is 0 Å². The number of rotatable bonds is 2.